The lowest BCUT2D eigenvalue weighted by molar-refractivity contribution is -0.147. The number of aliphatic hydroxyl groups is 1. The maximum Gasteiger partial charge on any atom is 0.407 e. The van der Waals surface area contributed by atoms with Crippen LogP contribution in [0.3, 0.4) is 0 Å². The van der Waals surface area contributed by atoms with Gasteiger partial charge in [0, 0.05) is 31.8 Å². The first-order valence-electron chi connectivity index (χ1n) is 11.2. The first-order valence-corrected chi connectivity index (χ1v) is 11.2. The Bertz CT molecular complexity index is 947. The van der Waals surface area contributed by atoms with Gasteiger partial charge in [0.2, 0.25) is 5.91 Å². The molecule has 1 aliphatic carbocycles. The van der Waals surface area contributed by atoms with Crippen LogP contribution in [0, 0.1) is 5.92 Å². The molecular weight excluding hydrogens is 424 g/mol. The number of carboxylic acid groups (broad SMARTS) is 1. The largest absolute Gasteiger partial charge is 0.479 e. The molecule has 8 heteroatoms. The molecule has 0 heterocycles. The fourth-order valence-corrected chi connectivity index (χ4v) is 4.04. The molecule has 33 heavy (non-hydrogen) atoms. The summed E-state index contributed by atoms with van der Waals surface area (Å²) in [6.07, 6.45) is -1.23. The highest BCUT2D eigenvalue weighted by Crippen LogP contribution is 2.44. The molecular formula is C25H30N2O6. The van der Waals surface area contributed by atoms with Gasteiger partial charge in [0.05, 0.1) is 0 Å². The number of benzene rings is 2. The Balaban J connectivity index is 1.44. The van der Waals surface area contributed by atoms with Crippen molar-refractivity contribution in [1.82, 2.24) is 10.6 Å². The van der Waals surface area contributed by atoms with Crippen LogP contribution in [0.5, 0.6) is 0 Å². The highest BCUT2D eigenvalue weighted by Gasteiger charge is 2.29. The number of alkyl carbamates (subject to hydrolysis) is 1. The molecule has 0 aliphatic heterocycles. The second-order valence-corrected chi connectivity index (χ2v) is 8.18. The van der Waals surface area contributed by atoms with E-state index in [1.807, 2.05) is 31.2 Å². The molecule has 0 bridgehead atoms. The molecule has 2 amide bonds. The van der Waals surface area contributed by atoms with Crippen molar-refractivity contribution in [2.75, 3.05) is 19.7 Å². The summed E-state index contributed by atoms with van der Waals surface area (Å²) >= 11 is 0. The fraction of sp³-hybridized carbons (Fsp3) is 0.400. The number of hydrogen-bond donors (Lipinski definition) is 4. The SMILES string of the molecule is CCC(CNC(=O)OCC1c2ccccc2-c2ccccc21)CC(=O)NCCC(O)C(=O)O. The van der Waals surface area contributed by atoms with E-state index < -0.39 is 18.2 Å². The predicted molar refractivity (Wildman–Crippen MR) is 123 cm³/mol. The van der Waals surface area contributed by atoms with E-state index in [9.17, 15) is 19.5 Å². The molecule has 1 aliphatic rings. The Kier molecular flexibility index (Phi) is 8.43. The molecule has 2 unspecified atom stereocenters. The number of carboxylic acids is 1. The average molecular weight is 455 g/mol. The molecule has 0 spiro atoms. The van der Waals surface area contributed by atoms with E-state index >= 15 is 0 Å². The number of carbonyl (C=O) groups is 3. The van der Waals surface area contributed by atoms with Crippen LogP contribution in [0.15, 0.2) is 48.5 Å². The third kappa shape index (κ3) is 6.32. The van der Waals surface area contributed by atoms with Crippen molar-refractivity contribution in [3.8, 4) is 11.1 Å². The summed E-state index contributed by atoms with van der Waals surface area (Å²) in [7, 11) is 0. The van der Waals surface area contributed by atoms with E-state index in [1.54, 1.807) is 0 Å². The molecule has 2 atom stereocenters. The lowest BCUT2D eigenvalue weighted by Crippen LogP contribution is -2.35. The van der Waals surface area contributed by atoms with Crippen molar-refractivity contribution < 1.29 is 29.3 Å². The zero-order valence-corrected chi connectivity index (χ0v) is 18.6. The summed E-state index contributed by atoms with van der Waals surface area (Å²) in [6.45, 7) is 2.51. The topological polar surface area (TPSA) is 125 Å². The maximum atomic E-state index is 12.3. The van der Waals surface area contributed by atoms with Gasteiger partial charge in [-0.15, -0.1) is 0 Å². The normalized spacial score (nSPS) is 14.0. The molecule has 0 aromatic heterocycles. The van der Waals surface area contributed by atoms with E-state index in [0.717, 1.165) is 22.3 Å². The van der Waals surface area contributed by atoms with Crippen LogP contribution in [0.4, 0.5) is 4.79 Å². The molecule has 0 saturated carbocycles. The second kappa shape index (κ2) is 11.5. The van der Waals surface area contributed by atoms with Crippen molar-refractivity contribution in [3.63, 3.8) is 0 Å². The summed E-state index contributed by atoms with van der Waals surface area (Å²) in [5.41, 5.74) is 4.61. The number of carbonyl (C=O) groups excluding carboxylic acids is 2. The van der Waals surface area contributed by atoms with E-state index in [-0.39, 0.29) is 43.7 Å². The van der Waals surface area contributed by atoms with Gasteiger partial charge in [-0.3, -0.25) is 4.79 Å². The van der Waals surface area contributed by atoms with Crippen LogP contribution < -0.4 is 10.6 Å². The van der Waals surface area contributed by atoms with E-state index in [1.165, 1.54) is 0 Å². The van der Waals surface area contributed by atoms with Crippen LogP contribution in [-0.4, -0.2) is 54.0 Å². The predicted octanol–water partition coefficient (Wildman–Crippen LogP) is 2.89. The minimum atomic E-state index is -1.50. The zero-order chi connectivity index (χ0) is 23.8. The Morgan fingerprint density at radius 2 is 1.61 bits per heavy atom. The Morgan fingerprint density at radius 3 is 2.18 bits per heavy atom. The van der Waals surface area contributed by atoms with Crippen molar-refractivity contribution in [2.24, 2.45) is 5.92 Å². The summed E-state index contributed by atoms with van der Waals surface area (Å²) in [6, 6.07) is 16.2. The number of amides is 2. The van der Waals surface area contributed by atoms with Gasteiger partial charge in [-0.25, -0.2) is 9.59 Å². The van der Waals surface area contributed by atoms with Gasteiger partial charge in [-0.05, 0) is 28.2 Å². The minimum absolute atomic E-state index is 0.0166. The van der Waals surface area contributed by atoms with Gasteiger partial charge >= 0.3 is 12.1 Å². The molecule has 3 rings (SSSR count). The third-order valence-corrected chi connectivity index (χ3v) is 5.96. The number of fused-ring (bicyclic) bond motifs is 3. The van der Waals surface area contributed by atoms with Gasteiger partial charge in [-0.2, -0.15) is 0 Å². The highest BCUT2D eigenvalue weighted by molar-refractivity contribution is 5.79. The lowest BCUT2D eigenvalue weighted by atomic mass is 9.98. The first-order chi connectivity index (χ1) is 15.9. The van der Waals surface area contributed by atoms with E-state index in [2.05, 4.69) is 34.9 Å². The zero-order valence-electron chi connectivity index (χ0n) is 18.6. The Labute approximate surface area is 193 Å². The summed E-state index contributed by atoms with van der Waals surface area (Å²) in [4.78, 5) is 35.0. The Hall–Kier alpha value is -3.39. The molecule has 2 aromatic rings. The van der Waals surface area contributed by atoms with Gasteiger partial charge in [-0.1, -0.05) is 61.9 Å². The fourth-order valence-electron chi connectivity index (χ4n) is 4.04. The van der Waals surface area contributed by atoms with Gasteiger partial charge in [0.25, 0.3) is 0 Å². The summed E-state index contributed by atoms with van der Waals surface area (Å²) in [5, 5.41) is 23.2. The van der Waals surface area contributed by atoms with E-state index in [0.29, 0.717) is 13.0 Å². The Morgan fingerprint density at radius 1 is 1.00 bits per heavy atom. The standard InChI is InChI=1S/C25H30N2O6/c1-2-16(13-23(29)26-12-11-22(28)24(30)31)14-27-25(32)33-15-21-19-9-5-3-7-17(19)18-8-4-6-10-20(18)21/h3-10,16,21-22,28H,2,11-15H2,1H3,(H,26,29)(H,27,32)(H,30,31). The number of ether oxygens (including phenoxy) is 1. The average Bonchev–Trinajstić information content (AvgIpc) is 3.14. The van der Waals surface area contributed by atoms with Crippen molar-refractivity contribution in [3.05, 3.63) is 59.7 Å². The molecule has 4 N–H and O–H groups in total. The minimum Gasteiger partial charge on any atom is -0.479 e. The molecule has 0 radical (unpaired) electrons. The van der Waals surface area contributed by atoms with E-state index in [4.69, 9.17) is 9.84 Å². The number of aliphatic carboxylic acids is 1. The van der Waals surface area contributed by atoms with Crippen LogP contribution in [0.2, 0.25) is 0 Å². The third-order valence-electron chi connectivity index (χ3n) is 5.96. The van der Waals surface area contributed by atoms with Crippen molar-refractivity contribution in [2.45, 2.75) is 38.2 Å². The van der Waals surface area contributed by atoms with Gasteiger partial charge in [0.15, 0.2) is 6.10 Å². The molecule has 176 valence electrons. The smallest absolute Gasteiger partial charge is 0.407 e. The lowest BCUT2D eigenvalue weighted by Gasteiger charge is -2.17. The molecule has 0 fully saturated rings. The van der Waals surface area contributed by atoms with Crippen LogP contribution in [-0.2, 0) is 14.3 Å². The molecule has 0 saturated heterocycles. The second-order valence-electron chi connectivity index (χ2n) is 8.18. The monoisotopic (exact) mass is 454 g/mol. The number of aliphatic hydroxyl groups excluding tert-OH is 1. The van der Waals surface area contributed by atoms with Gasteiger partial charge < -0.3 is 25.6 Å². The van der Waals surface area contributed by atoms with Crippen LogP contribution in [0.1, 0.15) is 43.2 Å². The highest BCUT2D eigenvalue weighted by atomic mass is 16.5. The number of nitrogens with one attached hydrogen (secondary N) is 2. The molecule has 2 aromatic carbocycles. The van der Waals surface area contributed by atoms with Crippen LogP contribution in [0.25, 0.3) is 11.1 Å². The van der Waals surface area contributed by atoms with Gasteiger partial charge in [0.1, 0.15) is 6.61 Å². The maximum absolute atomic E-state index is 12.3. The van der Waals surface area contributed by atoms with Crippen LogP contribution >= 0.6 is 0 Å². The molecule has 8 nitrogen and oxygen atoms in total. The van der Waals surface area contributed by atoms with Crippen molar-refractivity contribution >= 4 is 18.0 Å². The quantitative estimate of drug-likeness (QED) is 0.414. The number of hydrogen-bond acceptors (Lipinski definition) is 5. The number of rotatable bonds is 11. The van der Waals surface area contributed by atoms with Crippen molar-refractivity contribution in [1.29, 1.82) is 0 Å². The summed E-state index contributed by atoms with van der Waals surface area (Å²) in [5.74, 6) is -1.68. The first kappa shape index (κ1) is 24.3. The summed E-state index contributed by atoms with van der Waals surface area (Å²) < 4.78 is 5.52.